The molecule has 6 nitrogen and oxygen atoms in total. The van der Waals surface area contributed by atoms with Crippen LogP contribution in [-0.2, 0) is 12.7 Å². The number of carbonyl (C=O) groups is 1. The second-order valence-corrected chi connectivity index (χ2v) is 8.07. The number of urea groups is 1. The van der Waals surface area contributed by atoms with Crippen molar-refractivity contribution in [2.45, 2.75) is 12.7 Å². The zero-order valence-corrected chi connectivity index (χ0v) is 19.0. The van der Waals surface area contributed by atoms with Gasteiger partial charge in [-0.2, -0.15) is 18.3 Å². The smallest absolute Gasteiger partial charge is 0.382 e. The number of nitrogens with one attached hydrogen (secondary N) is 2. The molecule has 0 saturated carbocycles. The van der Waals surface area contributed by atoms with E-state index in [1.807, 2.05) is 0 Å². The average Bonchev–Trinajstić information content (AvgIpc) is 3.15. The highest BCUT2D eigenvalue weighted by molar-refractivity contribution is 6.30. The molecule has 0 aliphatic carbocycles. The molecule has 1 heterocycles. The predicted octanol–water partition coefficient (Wildman–Crippen LogP) is 6.39. The zero-order chi connectivity index (χ0) is 26.0. The van der Waals surface area contributed by atoms with Gasteiger partial charge in [0.2, 0.25) is 0 Å². The number of hydrogen-bond acceptors (Lipinski definition) is 3. The Morgan fingerprint density at radius 1 is 1.03 bits per heavy atom. The summed E-state index contributed by atoms with van der Waals surface area (Å²) in [4.78, 5) is 12.6. The Hall–Kier alpha value is -4.12. The van der Waals surface area contributed by atoms with E-state index >= 15 is 0 Å². The molecular weight excluding hydrogens is 505 g/mol. The molecule has 0 bridgehead atoms. The highest BCUT2D eigenvalue weighted by atomic mass is 35.5. The number of halogens is 6. The standard InChI is InChI=1S/C24H17ClF5N5O/c25-16-6-4-14(5-7-16)20-21(22(31)35(34-20)19-11-17(26)8-9-18(19)27)33-23(36)32-12-13-2-1-3-15(10-13)24(28,29)30/h1-11H,12,31H2,(H2,32,33,36). The molecule has 4 N–H and O–H groups in total. The van der Waals surface area contributed by atoms with E-state index in [0.29, 0.717) is 10.6 Å². The molecule has 4 aromatic rings. The van der Waals surface area contributed by atoms with Gasteiger partial charge in [0, 0.05) is 23.2 Å². The van der Waals surface area contributed by atoms with Crippen molar-refractivity contribution >= 4 is 29.1 Å². The number of rotatable bonds is 5. The van der Waals surface area contributed by atoms with Gasteiger partial charge in [-0.05, 0) is 42.0 Å². The Morgan fingerprint density at radius 2 is 1.75 bits per heavy atom. The van der Waals surface area contributed by atoms with Gasteiger partial charge in [0.25, 0.3) is 0 Å². The number of anilines is 2. The van der Waals surface area contributed by atoms with Crippen molar-refractivity contribution in [3.63, 3.8) is 0 Å². The minimum atomic E-state index is -4.53. The summed E-state index contributed by atoms with van der Waals surface area (Å²) in [5.41, 5.74) is 5.79. The molecule has 0 aliphatic heterocycles. The van der Waals surface area contributed by atoms with Crippen molar-refractivity contribution in [2.75, 3.05) is 11.1 Å². The molecule has 12 heteroatoms. The van der Waals surface area contributed by atoms with Crippen LogP contribution in [0.5, 0.6) is 0 Å². The Balaban J connectivity index is 1.64. The molecule has 0 atom stereocenters. The van der Waals surface area contributed by atoms with E-state index in [2.05, 4.69) is 15.7 Å². The van der Waals surface area contributed by atoms with Gasteiger partial charge < -0.3 is 16.4 Å². The van der Waals surface area contributed by atoms with Gasteiger partial charge in [0.1, 0.15) is 28.7 Å². The van der Waals surface area contributed by atoms with Gasteiger partial charge in [-0.25, -0.2) is 18.3 Å². The quantitative estimate of drug-likeness (QED) is 0.266. The predicted molar refractivity (Wildman–Crippen MR) is 126 cm³/mol. The molecule has 0 spiro atoms. The van der Waals surface area contributed by atoms with E-state index in [9.17, 15) is 26.7 Å². The number of nitrogens with zero attached hydrogens (tertiary/aromatic N) is 2. The third-order valence-electron chi connectivity index (χ3n) is 5.12. The van der Waals surface area contributed by atoms with Crippen LogP contribution in [0.3, 0.4) is 0 Å². The number of benzene rings is 3. The fourth-order valence-corrected chi connectivity index (χ4v) is 3.52. The molecule has 0 aliphatic rings. The molecule has 0 unspecified atom stereocenters. The number of aromatic nitrogens is 2. The SMILES string of the molecule is Nc1c(NC(=O)NCc2cccc(C(F)(F)F)c2)c(-c2ccc(Cl)cc2)nn1-c1cc(F)ccc1F. The van der Waals surface area contributed by atoms with Crippen molar-refractivity contribution in [3.8, 4) is 16.9 Å². The Kier molecular flexibility index (Phi) is 6.84. The van der Waals surface area contributed by atoms with E-state index in [1.165, 1.54) is 12.1 Å². The fourth-order valence-electron chi connectivity index (χ4n) is 3.39. The largest absolute Gasteiger partial charge is 0.416 e. The molecule has 4 rings (SSSR count). The molecule has 0 fully saturated rings. The summed E-state index contributed by atoms with van der Waals surface area (Å²) < 4.78 is 68.0. The molecule has 3 aromatic carbocycles. The van der Waals surface area contributed by atoms with Crippen LogP contribution in [0.4, 0.5) is 38.3 Å². The van der Waals surface area contributed by atoms with Crippen LogP contribution in [0.2, 0.25) is 5.02 Å². The fraction of sp³-hybridized carbons (Fsp3) is 0.0833. The number of hydrogen-bond donors (Lipinski definition) is 3. The second-order valence-electron chi connectivity index (χ2n) is 7.63. The van der Waals surface area contributed by atoms with Crippen molar-refractivity contribution in [1.82, 2.24) is 15.1 Å². The molecule has 186 valence electrons. The van der Waals surface area contributed by atoms with E-state index in [0.717, 1.165) is 35.0 Å². The Bertz CT molecular complexity index is 1420. The lowest BCUT2D eigenvalue weighted by Gasteiger charge is -2.11. The van der Waals surface area contributed by atoms with Gasteiger partial charge in [-0.15, -0.1) is 0 Å². The summed E-state index contributed by atoms with van der Waals surface area (Å²) in [7, 11) is 0. The van der Waals surface area contributed by atoms with Crippen molar-refractivity contribution in [2.24, 2.45) is 0 Å². The van der Waals surface area contributed by atoms with E-state index < -0.39 is 29.4 Å². The summed E-state index contributed by atoms with van der Waals surface area (Å²) in [5.74, 6) is -1.75. The summed E-state index contributed by atoms with van der Waals surface area (Å²) in [6, 6.07) is 12.7. The lowest BCUT2D eigenvalue weighted by Crippen LogP contribution is -2.28. The Labute approximate surface area is 206 Å². The van der Waals surface area contributed by atoms with Crippen LogP contribution in [0.1, 0.15) is 11.1 Å². The van der Waals surface area contributed by atoms with Crippen molar-refractivity contribution in [3.05, 3.63) is 94.5 Å². The Morgan fingerprint density at radius 3 is 2.44 bits per heavy atom. The van der Waals surface area contributed by atoms with Gasteiger partial charge >= 0.3 is 12.2 Å². The van der Waals surface area contributed by atoms with E-state index in [1.54, 1.807) is 24.3 Å². The van der Waals surface area contributed by atoms with Crippen molar-refractivity contribution in [1.29, 1.82) is 0 Å². The zero-order valence-electron chi connectivity index (χ0n) is 18.2. The van der Waals surface area contributed by atoms with Crippen LogP contribution in [0.25, 0.3) is 16.9 Å². The normalized spacial score (nSPS) is 11.4. The van der Waals surface area contributed by atoms with Crippen LogP contribution >= 0.6 is 11.6 Å². The third kappa shape index (κ3) is 5.41. The summed E-state index contributed by atoms with van der Waals surface area (Å²) in [6.45, 7) is -0.224. The first-order valence-electron chi connectivity index (χ1n) is 10.3. The molecule has 36 heavy (non-hydrogen) atoms. The number of nitrogens with two attached hydrogens (primary N) is 1. The molecular formula is C24H17ClF5N5O. The van der Waals surface area contributed by atoms with Gasteiger partial charge in [-0.1, -0.05) is 35.9 Å². The van der Waals surface area contributed by atoms with Gasteiger partial charge in [0.15, 0.2) is 5.82 Å². The van der Waals surface area contributed by atoms with Crippen LogP contribution in [-0.4, -0.2) is 15.8 Å². The number of amides is 2. The lowest BCUT2D eigenvalue weighted by atomic mass is 10.1. The minimum absolute atomic E-state index is 0.0254. The summed E-state index contributed by atoms with van der Waals surface area (Å²) in [6.07, 6.45) is -4.53. The van der Waals surface area contributed by atoms with E-state index in [4.69, 9.17) is 17.3 Å². The van der Waals surface area contributed by atoms with Gasteiger partial charge in [0.05, 0.1) is 5.56 Å². The molecule has 1 aromatic heterocycles. The first-order valence-corrected chi connectivity index (χ1v) is 10.7. The lowest BCUT2D eigenvalue weighted by molar-refractivity contribution is -0.137. The minimum Gasteiger partial charge on any atom is -0.382 e. The van der Waals surface area contributed by atoms with Crippen molar-refractivity contribution < 1.29 is 26.7 Å². The summed E-state index contributed by atoms with van der Waals surface area (Å²) >= 11 is 5.94. The first-order chi connectivity index (χ1) is 17.0. The highest BCUT2D eigenvalue weighted by Gasteiger charge is 2.30. The third-order valence-corrected chi connectivity index (χ3v) is 5.37. The van der Waals surface area contributed by atoms with Crippen LogP contribution < -0.4 is 16.4 Å². The monoisotopic (exact) mass is 521 g/mol. The number of carbonyl (C=O) groups excluding carboxylic acids is 1. The first kappa shape index (κ1) is 25.0. The van der Waals surface area contributed by atoms with Crippen LogP contribution in [0.15, 0.2) is 66.7 Å². The maximum absolute atomic E-state index is 14.4. The van der Waals surface area contributed by atoms with Gasteiger partial charge in [-0.3, -0.25) is 0 Å². The molecule has 2 amide bonds. The van der Waals surface area contributed by atoms with E-state index in [-0.39, 0.29) is 35.0 Å². The molecule has 0 saturated heterocycles. The maximum Gasteiger partial charge on any atom is 0.416 e. The second kappa shape index (κ2) is 9.86. The average molecular weight is 522 g/mol. The number of nitrogen functional groups attached to an aromatic ring is 1. The van der Waals surface area contributed by atoms with Crippen LogP contribution in [0, 0.1) is 11.6 Å². The summed E-state index contributed by atoms with van der Waals surface area (Å²) in [5, 5.41) is 9.64. The maximum atomic E-state index is 14.4. The number of alkyl halides is 3. The highest BCUT2D eigenvalue weighted by Crippen LogP contribution is 2.35. The topological polar surface area (TPSA) is 85.0 Å². The molecule has 0 radical (unpaired) electrons.